The minimum absolute atomic E-state index is 0.0934. The summed E-state index contributed by atoms with van der Waals surface area (Å²) in [5, 5.41) is 11.7. The number of carbonyl (C=O) groups is 1. The summed E-state index contributed by atoms with van der Waals surface area (Å²) in [7, 11) is 0. The first-order valence-electron chi connectivity index (χ1n) is 12.3. The molecule has 1 N–H and O–H groups in total. The summed E-state index contributed by atoms with van der Waals surface area (Å²) >= 11 is 0. The summed E-state index contributed by atoms with van der Waals surface area (Å²) in [6.45, 7) is 2.39. The number of anilines is 2. The van der Waals surface area contributed by atoms with Crippen molar-refractivity contribution in [1.82, 2.24) is 0 Å². The molecule has 0 bridgehead atoms. The second-order valence-electron chi connectivity index (χ2n) is 9.42. The molecule has 0 radical (unpaired) electrons. The van der Waals surface area contributed by atoms with Gasteiger partial charge < -0.3 is 14.7 Å². The predicted molar refractivity (Wildman–Crippen MR) is 137 cm³/mol. The van der Waals surface area contributed by atoms with Gasteiger partial charge in [0.15, 0.2) is 5.82 Å². The van der Waals surface area contributed by atoms with Gasteiger partial charge in [0.1, 0.15) is 29.1 Å². The molecule has 4 aromatic carbocycles. The van der Waals surface area contributed by atoms with E-state index in [9.17, 15) is 18.7 Å². The predicted octanol–water partition coefficient (Wildman–Crippen LogP) is 7.83. The Morgan fingerprint density at radius 3 is 2.59 bits per heavy atom. The maximum absolute atomic E-state index is 15.2. The number of rotatable bonds is 7. The standard InChI is InChI=1S/C30H26F3NO3/c1-18(22-11-5-8-19-7-2-3-10-23(19)22)6-4-9-21-17-34(25-14-12-20(31)16-27(25)37-21)26-15-13-24(32)28(29(26)33)30(35)36/h2-3,5,7-8,10-16,18,21H,4,6,9,17H2,1H3,(H,35,36)/t18-,21?/m0/s1. The largest absolute Gasteiger partial charge is 0.486 e. The van der Waals surface area contributed by atoms with Gasteiger partial charge in [-0.3, -0.25) is 0 Å². The summed E-state index contributed by atoms with van der Waals surface area (Å²) < 4.78 is 49.3. The zero-order chi connectivity index (χ0) is 26.1. The van der Waals surface area contributed by atoms with Gasteiger partial charge in [-0.15, -0.1) is 0 Å². The molecule has 1 aliphatic rings. The van der Waals surface area contributed by atoms with Crippen LogP contribution in [0.25, 0.3) is 10.8 Å². The second-order valence-corrected chi connectivity index (χ2v) is 9.42. The molecule has 37 heavy (non-hydrogen) atoms. The van der Waals surface area contributed by atoms with Crippen molar-refractivity contribution in [3.8, 4) is 5.75 Å². The monoisotopic (exact) mass is 505 g/mol. The molecule has 0 amide bonds. The lowest BCUT2D eigenvalue weighted by Crippen LogP contribution is -2.38. The van der Waals surface area contributed by atoms with Gasteiger partial charge in [0.25, 0.3) is 0 Å². The lowest BCUT2D eigenvalue weighted by atomic mass is 9.90. The smallest absolute Gasteiger partial charge is 0.341 e. The number of ether oxygens (including phenoxy) is 1. The van der Waals surface area contributed by atoms with Crippen molar-refractivity contribution in [2.45, 2.75) is 38.2 Å². The highest BCUT2D eigenvalue weighted by atomic mass is 19.1. The number of hydrogen-bond acceptors (Lipinski definition) is 3. The Hall–Kier alpha value is -4.00. The fourth-order valence-electron chi connectivity index (χ4n) is 5.14. The van der Waals surface area contributed by atoms with Crippen LogP contribution < -0.4 is 9.64 Å². The first-order valence-corrected chi connectivity index (χ1v) is 12.3. The van der Waals surface area contributed by atoms with E-state index in [1.165, 1.54) is 45.5 Å². The van der Waals surface area contributed by atoms with Crippen molar-refractivity contribution in [2.24, 2.45) is 0 Å². The molecule has 0 aliphatic carbocycles. The first kappa shape index (κ1) is 24.7. The van der Waals surface area contributed by atoms with Crippen molar-refractivity contribution in [3.05, 3.63) is 101 Å². The van der Waals surface area contributed by atoms with Crippen LogP contribution in [-0.2, 0) is 0 Å². The summed E-state index contributed by atoms with van der Waals surface area (Å²) in [5.74, 6) is -3.99. The molecular formula is C30H26F3NO3. The average molecular weight is 506 g/mol. The van der Waals surface area contributed by atoms with Crippen molar-refractivity contribution >= 4 is 28.1 Å². The fraction of sp³-hybridized carbons (Fsp3) is 0.233. The third kappa shape index (κ3) is 4.86. The van der Waals surface area contributed by atoms with Gasteiger partial charge in [-0.1, -0.05) is 49.4 Å². The second kappa shape index (κ2) is 10.2. The Kier molecular flexibility index (Phi) is 6.78. The Morgan fingerprint density at radius 2 is 1.78 bits per heavy atom. The highest BCUT2D eigenvalue weighted by molar-refractivity contribution is 5.90. The number of benzene rings is 4. The lowest BCUT2D eigenvalue weighted by molar-refractivity contribution is 0.0686. The SMILES string of the molecule is C[C@@H](CCCC1CN(c2ccc(F)c(C(=O)O)c2F)c2ccc(F)cc2O1)c1cccc2ccccc12. The summed E-state index contributed by atoms with van der Waals surface area (Å²) in [5.41, 5.74) is 0.548. The quantitative estimate of drug-likeness (QED) is 0.278. The van der Waals surface area contributed by atoms with Crippen molar-refractivity contribution in [2.75, 3.05) is 11.4 Å². The van der Waals surface area contributed by atoms with Gasteiger partial charge in [-0.25, -0.2) is 18.0 Å². The lowest BCUT2D eigenvalue weighted by Gasteiger charge is -2.37. The Balaban J connectivity index is 1.36. The van der Waals surface area contributed by atoms with Gasteiger partial charge >= 0.3 is 5.97 Å². The van der Waals surface area contributed by atoms with Crippen LogP contribution in [0.5, 0.6) is 5.75 Å². The maximum Gasteiger partial charge on any atom is 0.341 e. The molecule has 4 aromatic rings. The molecule has 2 atom stereocenters. The van der Waals surface area contributed by atoms with Crippen molar-refractivity contribution in [1.29, 1.82) is 0 Å². The van der Waals surface area contributed by atoms with Gasteiger partial charge in [0, 0.05) is 6.07 Å². The number of aromatic carboxylic acids is 1. The molecule has 4 nitrogen and oxygen atoms in total. The van der Waals surface area contributed by atoms with E-state index in [1.807, 2.05) is 12.1 Å². The van der Waals surface area contributed by atoms with Crippen LogP contribution in [0.4, 0.5) is 24.5 Å². The Bertz CT molecular complexity index is 1470. The van der Waals surface area contributed by atoms with Gasteiger partial charge in [0.2, 0.25) is 0 Å². The van der Waals surface area contributed by atoms with E-state index in [0.717, 1.165) is 18.9 Å². The summed E-state index contributed by atoms with van der Waals surface area (Å²) in [6.07, 6.45) is 1.92. The highest BCUT2D eigenvalue weighted by Gasteiger charge is 2.31. The number of nitrogens with zero attached hydrogens (tertiary/aromatic N) is 1. The molecule has 1 heterocycles. The van der Waals surface area contributed by atoms with E-state index in [0.29, 0.717) is 18.0 Å². The van der Waals surface area contributed by atoms with E-state index in [1.54, 1.807) is 0 Å². The zero-order valence-corrected chi connectivity index (χ0v) is 20.3. The normalized spacial score (nSPS) is 15.8. The molecule has 7 heteroatoms. The van der Waals surface area contributed by atoms with Crippen molar-refractivity contribution < 1.29 is 27.8 Å². The van der Waals surface area contributed by atoms with E-state index in [-0.39, 0.29) is 18.0 Å². The van der Waals surface area contributed by atoms with Gasteiger partial charge in [0.05, 0.1) is 17.9 Å². The van der Waals surface area contributed by atoms with Crippen LogP contribution in [0.2, 0.25) is 0 Å². The number of carboxylic acid groups (broad SMARTS) is 1. The van der Waals surface area contributed by atoms with Crippen molar-refractivity contribution in [3.63, 3.8) is 0 Å². The third-order valence-corrected chi connectivity index (χ3v) is 6.99. The Morgan fingerprint density at radius 1 is 1.03 bits per heavy atom. The number of hydrogen-bond donors (Lipinski definition) is 1. The number of carboxylic acids is 1. The third-order valence-electron chi connectivity index (χ3n) is 6.99. The van der Waals surface area contributed by atoms with E-state index in [4.69, 9.17) is 4.74 Å². The molecular weight excluding hydrogens is 479 g/mol. The molecule has 1 unspecified atom stereocenters. The van der Waals surface area contributed by atoms with Crippen LogP contribution in [0, 0.1) is 17.5 Å². The molecule has 190 valence electrons. The van der Waals surface area contributed by atoms with E-state index in [2.05, 4.69) is 37.3 Å². The minimum atomic E-state index is -1.69. The Labute approximate surface area is 212 Å². The van der Waals surface area contributed by atoms with E-state index >= 15 is 4.39 Å². The summed E-state index contributed by atoms with van der Waals surface area (Å²) in [4.78, 5) is 13.0. The van der Waals surface area contributed by atoms with Crippen LogP contribution >= 0.6 is 0 Å². The average Bonchev–Trinajstić information content (AvgIpc) is 2.87. The number of halogens is 3. The summed E-state index contributed by atoms with van der Waals surface area (Å²) in [6, 6.07) is 20.6. The minimum Gasteiger partial charge on any atom is -0.486 e. The van der Waals surface area contributed by atoms with Gasteiger partial charge in [-0.05, 0) is 65.8 Å². The highest BCUT2D eigenvalue weighted by Crippen LogP contribution is 2.41. The van der Waals surface area contributed by atoms with Crippen LogP contribution in [0.1, 0.15) is 48.0 Å². The molecule has 0 aromatic heterocycles. The molecule has 0 fully saturated rings. The molecule has 0 spiro atoms. The first-order chi connectivity index (χ1) is 17.8. The molecule has 1 aliphatic heterocycles. The van der Waals surface area contributed by atoms with Gasteiger partial charge in [-0.2, -0.15) is 0 Å². The molecule has 5 rings (SSSR count). The molecule has 0 saturated heterocycles. The molecule has 0 saturated carbocycles. The zero-order valence-electron chi connectivity index (χ0n) is 20.3. The topological polar surface area (TPSA) is 49.8 Å². The number of fused-ring (bicyclic) bond motifs is 2. The fourth-order valence-corrected chi connectivity index (χ4v) is 5.14. The van der Waals surface area contributed by atoms with Crippen LogP contribution in [0.15, 0.2) is 72.8 Å². The van der Waals surface area contributed by atoms with Crippen LogP contribution in [-0.4, -0.2) is 23.7 Å². The van der Waals surface area contributed by atoms with E-state index < -0.39 is 35.1 Å². The van der Waals surface area contributed by atoms with Crippen LogP contribution in [0.3, 0.4) is 0 Å². The maximum atomic E-state index is 15.2.